The van der Waals surface area contributed by atoms with Gasteiger partial charge in [0.15, 0.2) is 0 Å². The Morgan fingerprint density at radius 3 is 2.95 bits per heavy atom. The van der Waals surface area contributed by atoms with Crippen LogP contribution in [0.3, 0.4) is 0 Å². The number of carbonyl (C=O) groups is 1. The standard InChI is InChI=1S/C14H9N3O2/c15-6-9-3-8(1-2-13(9)18)10-4-12-11(16-7-10)5-14(19)17-12/h1-4,7,18H,5H2,(H,17,19). The lowest BCUT2D eigenvalue weighted by Crippen LogP contribution is -2.03. The molecule has 0 bridgehead atoms. The van der Waals surface area contributed by atoms with Crippen molar-refractivity contribution in [3.05, 3.63) is 41.7 Å². The van der Waals surface area contributed by atoms with Crippen LogP contribution in [0.5, 0.6) is 5.75 Å². The van der Waals surface area contributed by atoms with E-state index in [4.69, 9.17) is 5.26 Å². The number of nitrogens with zero attached hydrogens (tertiary/aromatic N) is 2. The first-order valence-electron chi connectivity index (χ1n) is 5.69. The molecule has 0 atom stereocenters. The molecule has 2 N–H and O–H groups in total. The summed E-state index contributed by atoms with van der Waals surface area (Å²) in [4.78, 5) is 15.5. The fourth-order valence-corrected chi connectivity index (χ4v) is 2.05. The normalized spacial score (nSPS) is 12.7. The first kappa shape index (κ1) is 11.2. The summed E-state index contributed by atoms with van der Waals surface area (Å²) in [5.41, 5.74) is 3.20. The number of aromatic hydroxyl groups is 1. The van der Waals surface area contributed by atoms with Crippen LogP contribution in [0.2, 0.25) is 0 Å². The number of pyridine rings is 1. The molecule has 19 heavy (non-hydrogen) atoms. The van der Waals surface area contributed by atoms with Crippen LogP contribution in [0.1, 0.15) is 11.3 Å². The van der Waals surface area contributed by atoms with Gasteiger partial charge in [-0.25, -0.2) is 0 Å². The summed E-state index contributed by atoms with van der Waals surface area (Å²) in [6, 6.07) is 8.51. The number of phenolic OH excluding ortho intramolecular Hbond substituents is 1. The van der Waals surface area contributed by atoms with Gasteiger partial charge in [-0.3, -0.25) is 9.78 Å². The van der Waals surface area contributed by atoms with Gasteiger partial charge >= 0.3 is 0 Å². The van der Waals surface area contributed by atoms with Gasteiger partial charge in [0.25, 0.3) is 0 Å². The van der Waals surface area contributed by atoms with E-state index in [1.54, 1.807) is 18.3 Å². The fourth-order valence-electron chi connectivity index (χ4n) is 2.05. The summed E-state index contributed by atoms with van der Waals surface area (Å²) in [6.07, 6.45) is 1.96. The van der Waals surface area contributed by atoms with E-state index < -0.39 is 0 Å². The highest BCUT2D eigenvalue weighted by Crippen LogP contribution is 2.29. The second-order valence-electron chi connectivity index (χ2n) is 4.29. The van der Waals surface area contributed by atoms with E-state index in [0.29, 0.717) is 12.1 Å². The van der Waals surface area contributed by atoms with Gasteiger partial charge in [0, 0.05) is 11.8 Å². The SMILES string of the molecule is N#Cc1cc(-c2cnc3c(c2)NC(=O)C3)ccc1O. The van der Waals surface area contributed by atoms with Crippen LogP contribution in [-0.4, -0.2) is 16.0 Å². The highest BCUT2D eigenvalue weighted by Gasteiger charge is 2.19. The van der Waals surface area contributed by atoms with Gasteiger partial charge in [0.1, 0.15) is 11.8 Å². The van der Waals surface area contributed by atoms with Crippen molar-refractivity contribution >= 4 is 11.6 Å². The van der Waals surface area contributed by atoms with E-state index in [9.17, 15) is 9.90 Å². The van der Waals surface area contributed by atoms with Crippen LogP contribution in [0, 0.1) is 11.3 Å². The van der Waals surface area contributed by atoms with Gasteiger partial charge in [-0.2, -0.15) is 5.26 Å². The minimum absolute atomic E-state index is 0.0475. The Hall–Kier alpha value is -2.87. The number of fused-ring (bicyclic) bond motifs is 1. The number of benzene rings is 1. The third-order valence-electron chi connectivity index (χ3n) is 3.02. The zero-order valence-electron chi connectivity index (χ0n) is 9.84. The van der Waals surface area contributed by atoms with Crippen LogP contribution in [0.4, 0.5) is 5.69 Å². The van der Waals surface area contributed by atoms with E-state index in [1.165, 1.54) is 6.07 Å². The molecule has 0 unspecified atom stereocenters. The summed E-state index contributed by atoms with van der Waals surface area (Å²) in [7, 11) is 0. The third kappa shape index (κ3) is 1.89. The molecule has 1 amide bonds. The lowest BCUT2D eigenvalue weighted by Gasteiger charge is -2.05. The molecule has 1 aliphatic heterocycles. The molecule has 0 saturated heterocycles. The Kier molecular flexibility index (Phi) is 2.43. The van der Waals surface area contributed by atoms with Crippen LogP contribution in [-0.2, 0) is 11.2 Å². The smallest absolute Gasteiger partial charge is 0.230 e. The zero-order chi connectivity index (χ0) is 13.4. The number of amides is 1. The number of phenols is 1. The first-order chi connectivity index (χ1) is 9.17. The van der Waals surface area contributed by atoms with Crippen molar-refractivity contribution in [2.24, 2.45) is 0 Å². The number of anilines is 1. The van der Waals surface area contributed by atoms with Crippen LogP contribution < -0.4 is 5.32 Å². The topological polar surface area (TPSA) is 86.0 Å². The Balaban J connectivity index is 2.07. The number of rotatable bonds is 1. The molecule has 3 rings (SSSR count). The van der Waals surface area contributed by atoms with E-state index in [0.717, 1.165) is 16.8 Å². The molecule has 2 heterocycles. The molecule has 0 fully saturated rings. The third-order valence-corrected chi connectivity index (χ3v) is 3.02. The van der Waals surface area contributed by atoms with Crippen molar-refractivity contribution in [2.75, 3.05) is 5.32 Å². The average Bonchev–Trinajstić information content (AvgIpc) is 2.78. The number of hydrogen-bond acceptors (Lipinski definition) is 4. The molecule has 1 aromatic carbocycles. The summed E-state index contributed by atoms with van der Waals surface area (Å²) < 4.78 is 0. The van der Waals surface area contributed by atoms with Gasteiger partial charge in [-0.1, -0.05) is 6.07 Å². The maximum Gasteiger partial charge on any atom is 0.230 e. The Morgan fingerprint density at radius 2 is 2.16 bits per heavy atom. The van der Waals surface area contributed by atoms with Crippen molar-refractivity contribution in [3.63, 3.8) is 0 Å². The van der Waals surface area contributed by atoms with Gasteiger partial charge in [0.2, 0.25) is 5.91 Å². The van der Waals surface area contributed by atoms with Crippen molar-refractivity contribution in [3.8, 4) is 22.9 Å². The molecular formula is C14H9N3O2. The predicted octanol–water partition coefficient (Wildman–Crippen LogP) is 1.82. The van der Waals surface area contributed by atoms with Gasteiger partial charge in [0.05, 0.1) is 23.4 Å². The van der Waals surface area contributed by atoms with Crippen LogP contribution >= 0.6 is 0 Å². The Labute approximate surface area is 109 Å². The molecule has 1 aromatic heterocycles. The molecule has 0 aliphatic carbocycles. The largest absolute Gasteiger partial charge is 0.507 e. The average molecular weight is 251 g/mol. The second kappa shape index (κ2) is 4.10. The molecular weight excluding hydrogens is 242 g/mol. The number of hydrogen-bond donors (Lipinski definition) is 2. The minimum Gasteiger partial charge on any atom is -0.507 e. The van der Waals surface area contributed by atoms with Crippen molar-refractivity contribution in [2.45, 2.75) is 6.42 Å². The summed E-state index contributed by atoms with van der Waals surface area (Å²) in [5, 5.41) is 21.1. The molecule has 92 valence electrons. The summed E-state index contributed by atoms with van der Waals surface area (Å²) in [6.45, 7) is 0. The summed E-state index contributed by atoms with van der Waals surface area (Å²) >= 11 is 0. The zero-order valence-corrected chi connectivity index (χ0v) is 9.84. The van der Waals surface area contributed by atoms with Gasteiger partial charge in [-0.15, -0.1) is 0 Å². The number of nitrogens with one attached hydrogen (secondary N) is 1. The van der Waals surface area contributed by atoms with Crippen molar-refractivity contribution < 1.29 is 9.90 Å². The molecule has 2 aromatic rings. The maximum atomic E-state index is 11.3. The summed E-state index contributed by atoms with van der Waals surface area (Å²) in [5.74, 6) is -0.114. The molecule has 5 nitrogen and oxygen atoms in total. The number of carbonyl (C=O) groups excluding carboxylic acids is 1. The van der Waals surface area contributed by atoms with E-state index in [2.05, 4.69) is 10.3 Å². The monoisotopic (exact) mass is 251 g/mol. The van der Waals surface area contributed by atoms with Crippen molar-refractivity contribution in [1.29, 1.82) is 5.26 Å². The number of nitriles is 1. The Bertz CT molecular complexity index is 732. The molecule has 0 spiro atoms. The highest BCUT2D eigenvalue weighted by molar-refractivity contribution is 5.99. The molecule has 0 radical (unpaired) electrons. The minimum atomic E-state index is -0.0666. The predicted molar refractivity (Wildman–Crippen MR) is 68.4 cm³/mol. The van der Waals surface area contributed by atoms with Gasteiger partial charge < -0.3 is 10.4 Å². The van der Waals surface area contributed by atoms with Crippen LogP contribution in [0.15, 0.2) is 30.5 Å². The Morgan fingerprint density at radius 1 is 1.32 bits per heavy atom. The second-order valence-corrected chi connectivity index (χ2v) is 4.29. The maximum absolute atomic E-state index is 11.3. The van der Waals surface area contributed by atoms with Gasteiger partial charge in [-0.05, 0) is 23.8 Å². The van der Waals surface area contributed by atoms with Crippen LogP contribution in [0.25, 0.3) is 11.1 Å². The van der Waals surface area contributed by atoms with Crippen molar-refractivity contribution in [1.82, 2.24) is 4.98 Å². The quantitative estimate of drug-likeness (QED) is 0.809. The molecule has 0 saturated carbocycles. The van der Waals surface area contributed by atoms with E-state index in [1.807, 2.05) is 12.1 Å². The first-order valence-corrected chi connectivity index (χ1v) is 5.69. The lowest BCUT2D eigenvalue weighted by atomic mass is 10.0. The lowest BCUT2D eigenvalue weighted by molar-refractivity contribution is -0.115. The van der Waals surface area contributed by atoms with E-state index >= 15 is 0 Å². The molecule has 1 aliphatic rings. The molecule has 5 heteroatoms. The number of aromatic nitrogens is 1. The van der Waals surface area contributed by atoms with E-state index in [-0.39, 0.29) is 17.2 Å². The fraction of sp³-hybridized carbons (Fsp3) is 0.0714. The highest BCUT2D eigenvalue weighted by atomic mass is 16.3.